The van der Waals surface area contributed by atoms with E-state index < -0.39 is 0 Å². The lowest BCUT2D eigenvalue weighted by Crippen LogP contribution is -1.81. The second kappa shape index (κ2) is 1.96. The Morgan fingerprint density at radius 1 is 1.70 bits per heavy atom. The zero-order chi connectivity index (χ0) is 7.14. The number of nitrogens with two attached hydrogens (primary N) is 1. The molecule has 0 aliphatic rings. The largest absolute Gasteiger partial charge is 0.382 e. The molecule has 2 aromatic rings. The van der Waals surface area contributed by atoms with Crippen molar-refractivity contribution in [3.05, 3.63) is 16.2 Å². The molecule has 0 aliphatic heterocycles. The molecule has 0 spiro atoms. The molecule has 0 fully saturated rings. The van der Waals surface area contributed by atoms with E-state index in [0.717, 1.165) is 9.56 Å². The van der Waals surface area contributed by atoms with Gasteiger partial charge in [-0.25, -0.2) is 4.98 Å². The highest BCUT2D eigenvalue weighted by atomic mass is 79.9. The van der Waals surface area contributed by atoms with Gasteiger partial charge in [-0.05, 0) is 15.9 Å². The lowest BCUT2D eigenvalue weighted by molar-refractivity contribution is 1.19. The third-order valence-electron chi connectivity index (χ3n) is 1.18. The molecule has 3 nitrogen and oxygen atoms in total. The molecule has 52 valence electrons. The number of halogens is 1. The quantitative estimate of drug-likeness (QED) is 0.731. The number of anilines is 1. The van der Waals surface area contributed by atoms with Crippen LogP contribution in [-0.2, 0) is 0 Å². The van der Waals surface area contributed by atoms with Crippen LogP contribution in [0.15, 0.2) is 16.2 Å². The fraction of sp³-hybridized carbons (Fsp3) is 0. The first-order chi connectivity index (χ1) is 4.77. The van der Waals surface area contributed by atoms with Crippen molar-refractivity contribution in [3.8, 4) is 0 Å². The minimum Gasteiger partial charge on any atom is -0.382 e. The lowest BCUT2D eigenvalue weighted by atomic mass is 10.8. The van der Waals surface area contributed by atoms with Crippen molar-refractivity contribution in [3.63, 3.8) is 0 Å². The molecule has 0 radical (unpaired) electrons. The maximum absolute atomic E-state index is 5.46. The summed E-state index contributed by atoms with van der Waals surface area (Å²) in [6.07, 6.45) is 1.79. The van der Waals surface area contributed by atoms with Crippen LogP contribution < -0.4 is 5.73 Å². The summed E-state index contributed by atoms with van der Waals surface area (Å²) in [6.45, 7) is 0. The maximum Gasteiger partial charge on any atom is 0.196 e. The SMILES string of the molecule is Nc1cn2c(Br)csc2n1. The van der Waals surface area contributed by atoms with Gasteiger partial charge in [0.15, 0.2) is 4.96 Å². The normalized spacial score (nSPS) is 10.9. The fourth-order valence-corrected chi connectivity index (χ4v) is 2.18. The van der Waals surface area contributed by atoms with Crippen LogP contribution in [-0.4, -0.2) is 9.38 Å². The summed E-state index contributed by atoms with van der Waals surface area (Å²) in [7, 11) is 0. The van der Waals surface area contributed by atoms with E-state index in [1.807, 2.05) is 9.78 Å². The monoisotopic (exact) mass is 217 g/mol. The van der Waals surface area contributed by atoms with Gasteiger partial charge in [-0.2, -0.15) is 0 Å². The average molecular weight is 218 g/mol. The maximum atomic E-state index is 5.46. The molecular formula is C5H4BrN3S. The van der Waals surface area contributed by atoms with Crippen LogP contribution in [0, 0.1) is 0 Å². The van der Waals surface area contributed by atoms with Crippen LogP contribution in [0.3, 0.4) is 0 Å². The number of imidazole rings is 1. The Bertz CT molecular complexity index is 364. The topological polar surface area (TPSA) is 43.3 Å². The summed E-state index contributed by atoms with van der Waals surface area (Å²) in [5.74, 6) is 0.563. The molecule has 0 saturated carbocycles. The van der Waals surface area contributed by atoms with Gasteiger partial charge >= 0.3 is 0 Å². The highest BCUT2D eigenvalue weighted by Crippen LogP contribution is 2.21. The minimum atomic E-state index is 0.563. The van der Waals surface area contributed by atoms with Crippen molar-refractivity contribution in [2.75, 3.05) is 5.73 Å². The number of nitrogen functional groups attached to an aromatic ring is 1. The van der Waals surface area contributed by atoms with Crippen molar-refractivity contribution >= 4 is 38.0 Å². The first-order valence-electron chi connectivity index (χ1n) is 2.65. The van der Waals surface area contributed by atoms with Crippen molar-refractivity contribution in [1.82, 2.24) is 9.38 Å². The van der Waals surface area contributed by atoms with Crippen molar-refractivity contribution < 1.29 is 0 Å². The number of hydrogen-bond donors (Lipinski definition) is 1. The van der Waals surface area contributed by atoms with Crippen LogP contribution in [0.25, 0.3) is 4.96 Å². The first kappa shape index (κ1) is 6.18. The molecule has 0 unspecified atom stereocenters. The molecule has 2 aromatic heterocycles. The van der Waals surface area contributed by atoms with Crippen LogP contribution in [0.2, 0.25) is 0 Å². The van der Waals surface area contributed by atoms with E-state index in [1.165, 1.54) is 0 Å². The number of rotatable bonds is 0. The first-order valence-corrected chi connectivity index (χ1v) is 4.32. The molecule has 0 aromatic carbocycles. The highest BCUT2D eigenvalue weighted by molar-refractivity contribution is 9.10. The lowest BCUT2D eigenvalue weighted by Gasteiger charge is -1.80. The summed E-state index contributed by atoms with van der Waals surface area (Å²) in [4.78, 5) is 4.98. The van der Waals surface area contributed by atoms with E-state index >= 15 is 0 Å². The zero-order valence-electron chi connectivity index (χ0n) is 4.91. The average Bonchev–Trinajstić information content (AvgIpc) is 2.35. The van der Waals surface area contributed by atoms with Crippen LogP contribution in [0.5, 0.6) is 0 Å². The standard InChI is InChI=1S/C5H4BrN3S/c6-3-2-10-5-8-4(7)1-9(3)5/h1-2H,7H2. The van der Waals surface area contributed by atoms with Gasteiger partial charge in [-0.3, -0.25) is 4.40 Å². The Morgan fingerprint density at radius 3 is 3.20 bits per heavy atom. The van der Waals surface area contributed by atoms with Gasteiger partial charge in [0, 0.05) is 5.38 Å². The van der Waals surface area contributed by atoms with Crippen molar-refractivity contribution in [2.24, 2.45) is 0 Å². The summed E-state index contributed by atoms with van der Waals surface area (Å²) < 4.78 is 2.90. The van der Waals surface area contributed by atoms with E-state index in [4.69, 9.17) is 5.73 Å². The molecule has 0 atom stereocenters. The molecular weight excluding hydrogens is 214 g/mol. The van der Waals surface area contributed by atoms with Crippen molar-refractivity contribution in [2.45, 2.75) is 0 Å². The molecule has 2 rings (SSSR count). The molecule has 0 bridgehead atoms. The van der Waals surface area contributed by atoms with E-state index in [0.29, 0.717) is 5.82 Å². The Balaban J connectivity index is 2.90. The highest BCUT2D eigenvalue weighted by Gasteiger charge is 2.01. The number of nitrogens with zero attached hydrogens (tertiary/aromatic N) is 2. The Hall–Kier alpha value is -0.550. The van der Waals surface area contributed by atoms with E-state index in [-0.39, 0.29) is 0 Å². The minimum absolute atomic E-state index is 0.563. The van der Waals surface area contributed by atoms with E-state index in [1.54, 1.807) is 17.5 Å². The Kier molecular flexibility index (Phi) is 1.21. The molecule has 0 amide bonds. The number of fused-ring (bicyclic) bond motifs is 1. The van der Waals surface area contributed by atoms with E-state index in [9.17, 15) is 0 Å². The smallest absolute Gasteiger partial charge is 0.196 e. The summed E-state index contributed by atoms with van der Waals surface area (Å²) in [6, 6.07) is 0. The van der Waals surface area contributed by atoms with Gasteiger partial charge in [0.25, 0.3) is 0 Å². The molecule has 2 heterocycles. The van der Waals surface area contributed by atoms with Crippen LogP contribution in [0.1, 0.15) is 0 Å². The fourth-order valence-electron chi connectivity index (χ4n) is 0.775. The Labute approximate surface area is 69.6 Å². The summed E-state index contributed by atoms with van der Waals surface area (Å²) in [5, 5.41) is 1.97. The summed E-state index contributed by atoms with van der Waals surface area (Å²) in [5.41, 5.74) is 5.46. The molecule has 0 saturated heterocycles. The van der Waals surface area contributed by atoms with Gasteiger partial charge in [-0.15, -0.1) is 11.3 Å². The predicted molar refractivity (Wildman–Crippen MR) is 45.2 cm³/mol. The van der Waals surface area contributed by atoms with Gasteiger partial charge in [0.2, 0.25) is 0 Å². The molecule has 2 N–H and O–H groups in total. The van der Waals surface area contributed by atoms with E-state index in [2.05, 4.69) is 20.9 Å². The number of thiazole rings is 1. The predicted octanol–water partition coefficient (Wildman–Crippen LogP) is 1.74. The third kappa shape index (κ3) is 0.741. The number of aromatic nitrogens is 2. The molecule has 10 heavy (non-hydrogen) atoms. The third-order valence-corrected chi connectivity index (χ3v) is 2.94. The second-order valence-corrected chi connectivity index (χ2v) is 3.53. The molecule has 5 heteroatoms. The van der Waals surface area contributed by atoms with Gasteiger partial charge in [0.05, 0.1) is 6.20 Å². The Morgan fingerprint density at radius 2 is 2.50 bits per heavy atom. The van der Waals surface area contributed by atoms with Gasteiger partial charge in [0.1, 0.15) is 10.4 Å². The van der Waals surface area contributed by atoms with Gasteiger partial charge in [-0.1, -0.05) is 0 Å². The zero-order valence-corrected chi connectivity index (χ0v) is 7.32. The second-order valence-electron chi connectivity index (χ2n) is 1.88. The van der Waals surface area contributed by atoms with Crippen molar-refractivity contribution in [1.29, 1.82) is 0 Å². The van der Waals surface area contributed by atoms with Gasteiger partial charge < -0.3 is 5.73 Å². The number of hydrogen-bond acceptors (Lipinski definition) is 3. The van der Waals surface area contributed by atoms with Crippen LogP contribution in [0.4, 0.5) is 5.82 Å². The summed E-state index contributed by atoms with van der Waals surface area (Å²) >= 11 is 4.92. The molecule has 0 aliphatic carbocycles. The van der Waals surface area contributed by atoms with Crippen LogP contribution >= 0.6 is 27.3 Å².